The number of carboxylic acid groups (broad SMARTS) is 2. The summed E-state index contributed by atoms with van der Waals surface area (Å²) in [7, 11) is -4.67. The number of rotatable bonds is 14. The zero-order valence-corrected chi connectivity index (χ0v) is 15.1. The highest BCUT2D eigenvalue weighted by Gasteiger charge is 2.32. The van der Waals surface area contributed by atoms with Crippen LogP contribution in [0.3, 0.4) is 0 Å². The molecule has 0 spiro atoms. The van der Waals surface area contributed by atoms with Gasteiger partial charge in [0.15, 0.2) is 0 Å². The number of nitrogens with zero attached hydrogens (tertiary/aromatic N) is 1. The van der Waals surface area contributed by atoms with Crippen LogP contribution in [0.2, 0.25) is 0 Å². The number of aliphatic hydroxyl groups excluding tert-OH is 1. The Kier molecular flexibility index (Phi) is 10.9. The molecule has 12 nitrogen and oxygen atoms in total. The van der Waals surface area contributed by atoms with Gasteiger partial charge in [0.2, 0.25) is 5.91 Å². The summed E-state index contributed by atoms with van der Waals surface area (Å²) in [5.74, 6) is -5.02. The van der Waals surface area contributed by atoms with E-state index < -0.39 is 59.0 Å². The molecule has 0 fully saturated rings. The molecule has 0 saturated heterocycles. The van der Waals surface area contributed by atoms with Crippen LogP contribution < -0.4 is 10.6 Å². The molecule has 2 atom stereocenters. The molecule has 6 N–H and O–H groups in total. The van der Waals surface area contributed by atoms with Crippen molar-refractivity contribution in [3.63, 3.8) is 0 Å². The van der Waals surface area contributed by atoms with Crippen molar-refractivity contribution in [1.82, 2.24) is 15.5 Å². The van der Waals surface area contributed by atoms with E-state index >= 15 is 0 Å². The number of amides is 1. The van der Waals surface area contributed by atoms with Crippen LogP contribution in [0.5, 0.6) is 0 Å². The number of carboxylic acids is 2. The summed E-state index contributed by atoms with van der Waals surface area (Å²) in [6, 6.07) is -1.70. The first-order valence-electron chi connectivity index (χ1n) is 7.75. The lowest BCUT2D eigenvalue weighted by Crippen LogP contribution is -2.54. The van der Waals surface area contributed by atoms with Crippen LogP contribution in [0, 0.1) is 0 Å². The van der Waals surface area contributed by atoms with Crippen molar-refractivity contribution in [2.24, 2.45) is 0 Å². The average Bonchev–Trinajstić information content (AvgIpc) is 2.49. The van der Waals surface area contributed by atoms with Crippen LogP contribution in [0.25, 0.3) is 0 Å². The minimum atomic E-state index is -4.67. The number of hydrogen-bond acceptors (Lipinski definition) is 8. The van der Waals surface area contributed by atoms with Crippen LogP contribution >= 0.6 is 0 Å². The zero-order valence-electron chi connectivity index (χ0n) is 14.3. The van der Waals surface area contributed by atoms with E-state index in [1.54, 1.807) is 6.92 Å². The van der Waals surface area contributed by atoms with Gasteiger partial charge < -0.3 is 26.0 Å². The third-order valence-corrected chi connectivity index (χ3v) is 3.98. The van der Waals surface area contributed by atoms with Crippen molar-refractivity contribution in [2.75, 3.05) is 38.5 Å². The first-order chi connectivity index (χ1) is 12.0. The molecule has 0 aromatic heterocycles. The van der Waals surface area contributed by atoms with E-state index in [9.17, 15) is 27.9 Å². The summed E-state index contributed by atoms with van der Waals surface area (Å²) in [5, 5.41) is 32.2. The average molecular weight is 399 g/mol. The van der Waals surface area contributed by atoms with Gasteiger partial charge in [-0.3, -0.25) is 23.8 Å². The van der Waals surface area contributed by atoms with E-state index in [2.05, 4.69) is 10.6 Å². The van der Waals surface area contributed by atoms with Crippen molar-refractivity contribution in [3.8, 4) is 0 Å². The number of nitrogens with one attached hydrogen (secondary N) is 2. The second-order valence-corrected chi connectivity index (χ2v) is 7.01. The van der Waals surface area contributed by atoms with E-state index in [0.29, 0.717) is 11.3 Å². The molecule has 0 aromatic rings. The Morgan fingerprint density at radius 3 is 2.04 bits per heavy atom. The molecule has 0 radical (unpaired) electrons. The molecule has 152 valence electrons. The van der Waals surface area contributed by atoms with Crippen molar-refractivity contribution in [1.29, 1.82) is 0 Å². The molecule has 0 aromatic carbocycles. The van der Waals surface area contributed by atoms with Gasteiger partial charge in [-0.05, 0) is 6.42 Å². The zero-order chi connectivity index (χ0) is 20.3. The first-order valence-corrected chi connectivity index (χ1v) is 9.36. The molecule has 1 amide bonds. The molecule has 13 heteroatoms. The highest BCUT2D eigenvalue weighted by atomic mass is 32.2. The molecule has 0 heterocycles. The highest BCUT2D eigenvalue weighted by Crippen LogP contribution is 2.04. The van der Waals surface area contributed by atoms with Gasteiger partial charge >= 0.3 is 11.9 Å². The summed E-state index contributed by atoms with van der Waals surface area (Å²) in [4.78, 5) is 34.5. The normalized spacial score (nSPS) is 14.0. The molecule has 0 rings (SSSR count). The molecule has 0 bridgehead atoms. The predicted octanol–water partition coefficient (Wildman–Crippen LogP) is -2.81. The van der Waals surface area contributed by atoms with Gasteiger partial charge in [0.05, 0.1) is 24.9 Å². The molecule has 0 aliphatic heterocycles. The van der Waals surface area contributed by atoms with Crippen LogP contribution in [0.15, 0.2) is 0 Å². The van der Waals surface area contributed by atoms with Crippen LogP contribution in [0.4, 0.5) is 0 Å². The van der Waals surface area contributed by atoms with Gasteiger partial charge in [0.25, 0.3) is 10.1 Å². The number of carbonyl (C=O) groups is 3. The third-order valence-electron chi connectivity index (χ3n) is 3.24. The summed E-state index contributed by atoms with van der Waals surface area (Å²) < 4.78 is 31.2. The summed E-state index contributed by atoms with van der Waals surface area (Å²) in [5.41, 5.74) is 0. The Balaban J connectivity index is 4.94. The lowest BCUT2D eigenvalue weighted by atomic mass is 10.2. The minimum absolute atomic E-state index is 0.0191. The summed E-state index contributed by atoms with van der Waals surface area (Å²) >= 11 is 0. The van der Waals surface area contributed by atoms with E-state index in [1.165, 1.54) is 0 Å². The lowest BCUT2D eigenvalue weighted by Gasteiger charge is -2.27. The second-order valence-electron chi connectivity index (χ2n) is 5.51. The Labute approximate surface area is 150 Å². The molecule has 0 aliphatic carbocycles. The monoisotopic (exact) mass is 399 g/mol. The van der Waals surface area contributed by atoms with Gasteiger partial charge in [0, 0.05) is 19.6 Å². The Hall–Kier alpha value is -1.80. The molecule has 26 heavy (non-hydrogen) atoms. The van der Waals surface area contributed by atoms with E-state index in [4.69, 9.17) is 14.8 Å². The fourth-order valence-corrected chi connectivity index (χ4v) is 2.74. The quantitative estimate of drug-likeness (QED) is 0.130. The van der Waals surface area contributed by atoms with E-state index in [-0.39, 0.29) is 19.6 Å². The minimum Gasteiger partial charge on any atom is -0.480 e. The molecule has 2 unspecified atom stereocenters. The largest absolute Gasteiger partial charge is 0.480 e. The van der Waals surface area contributed by atoms with Gasteiger partial charge in [-0.2, -0.15) is 8.42 Å². The maximum atomic E-state index is 12.2. The molecule has 0 aliphatic rings. The van der Waals surface area contributed by atoms with Crippen LogP contribution in [-0.4, -0.2) is 102 Å². The maximum Gasteiger partial charge on any atom is 0.317 e. The lowest BCUT2D eigenvalue weighted by molar-refractivity contribution is -0.143. The standard InChI is InChI=1S/C13H25N3O9S/c1-2-9(17)5-14-3-4-15-13(22)10(8-26(23,24)25)16(6-11(18)19)7-12(20)21/h9-10,14,17H,2-8H2,1H3,(H,15,22)(H,18,19)(H,20,21)(H,23,24,25). The summed E-state index contributed by atoms with van der Waals surface area (Å²) in [6.45, 7) is 0.519. The predicted molar refractivity (Wildman–Crippen MR) is 89.2 cm³/mol. The smallest absolute Gasteiger partial charge is 0.317 e. The Morgan fingerprint density at radius 1 is 1.08 bits per heavy atom. The Bertz CT molecular complexity index is 565. The second kappa shape index (κ2) is 11.7. The Morgan fingerprint density at radius 2 is 1.62 bits per heavy atom. The fraction of sp³-hybridized carbons (Fsp3) is 0.769. The number of aliphatic hydroxyl groups is 1. The van der Waals surface area contributed by atoms with Crippen molar-refractivity contribution >= 4 is 28.0 Å². The number of aliphatic carboxylic acids is 2. The first kappa shape index (κ1) is 24.2. The molecular weight excluding hydrogens is 374 g/mol. The van der Waals surface area contributed by atoms with Gasteiger partial charge in [0.1, 0.15) is 6.04 Å². The SMILES string of the molecule is CCC(O)CNCCNC(=O)C(CS(=O)(=O)O)N(CC(=O)O)CC(=O)O. The van der Waals surface area contributed by atoms with Gasteiger partial charge in [-0.1, -0.05) is 6.92 Å². The van der Waals surface area contributed by atoms with E-state index in [1.807, 2.05) is 0 Å². The van der Waals surface area contributed by atoms with Gasteiger partial charge in [-0.25, -0.2) is 0 Å². The number of hydrogen-bond donors (Lipinski definition) is 6. The van der Waals surface area contributed by atoms with Gasteiger partial charge in [-0.15, -0.1) is 0 Å². The van der Waals surface area contributed by atoms with Crippen molar-refractivity contribution in [2.45, 2.75) is 25.5 Å². The van der Waals surface area contributed by atoms with Crippen molar-refractivity contribution < 1.29 is 42.7 Å². The van der Waals surface area contributed by atoms with Crippen LogP contribution in [0.1, 0.15) is 13.3 Å². The van der Waals surface area contributed by atoms with Crippen LogP contribution in [-0.2, 0) is 24.5 Å². The number of carbonyl (C=O) groups excluding carboxylic acids is 1. The highest BCUT2D eigenvalue weighted by molar-refractivity contribution is 7.85. The summed E-state index contributed by atoms with van der Waals surface area (Å²) in [6.07, 6.45) is -0.0191. The van der Waals surface area contributed by atoms with Crippen molar-refractivity contribution in [3.05, 3.63) is 0 Å². The maximum absolute atomic E-state index is 12.2. The molecular formula is C13H25N3O9S. The third kappa shape index (κ3) is 11.7. The topological polar surface area (TPSA) is 194 Å². The molecule has 0 saturated carbocycles. The fourth-order valence-electron chi connectivity index (χ4n) is 1.98. The van der Waals surface area contributed by atoms with E-state index in [0.717, 1.165) is 0 Å².